The number of nitrogens with zero attached hydrogens (tertiary/aromatic N) is 2. The fourth-order valence-corrected chi connectivity index (χ4v) is 3.88. The van der Waals surface area contributed by atoms with Crippen LogP contribution in [0.15, 0.2) is 53.6 Å². The number of aromatic nitrogens is 2. The van der Waals surface area contributed by atoms with Crippen molar-refractivity contribution in [3.05, 3.63) is 65.4 Å². The Hall–Kier alpha value is -3.66. The molecular weight excluding hydrogens is 488 g/mol. The Morgan fingerprint density at radius 3 is 2.40 bits per heavy atom. The third kappa shape index (κ3) is 7.68. The summed E-state index contributed by atoms with van der Waals surface area (Å²) in [5, 5.41) is 15.6. The third-order valence-corrected chi connectivity index (χ3v) is 6.05. The summed E-state index contributed by atoms with van der Waals surface area (Å²) in [5.74, 6) is 6.75. The molecule has 3 rings (SSSR count). The van der Waals surface area contributed by atoms with Crippen molar-refractivity contribution in [2.24, 2.45) is 0 Å². The van der Waals surface area contributed by atoms with Gasteiger partial charge < -0.3 is 15.7 Å². The smallest absolute Gasteiger partial charge is 0.229 e. The summed E-state index contributed by atoms with van der Waals surface area (Å²) in [6, 6.07) is 11.3. The van der Waals surface area contributed by atoms with E-state index in [1.165, 1.54) is 6.20 Å². The molecule has 2 aromatic carbocycles. The van der Waals surface area contributed by atoms with Crippen LogP contribution < -0.4 is 15.4 Å². The second-order valence-corrected chi connectivity index (χ2v) is 10.7. The number of aryl methyl sites for hydroxylation is 1. The molecule has 0 aliphatic rings. The molecule has 1 aromatic heterocycles. The van der Waals surface area contributed by atoms with Crippen molar-refractivity contribution in [1.29, 1.82) is 4.78 Å². The van der Waals surface area contributed by atoms with Gasteiger partial charge in [0.05, 0.1) is 35.2 Å². The zero-order chi connectivity index (χ0) is 25.6. The third-order valence-electron chi connectivity index (χ3n) is 4.68. The molecule has 5 N–H and O–H groups in total. The number of aliphatic hydroxyl groups excluding tert-OH is 1. The number of benzene rings is 2. The van der Waals surface area contributed by atoms with Crippen LogP contribution >= 0.6 is 0 Å². The lowest BCUT2D eigenvalue weighted by atomic mass is 10.1. The summed E-state index contributed by atoms with van der Waals surface area (Å²) in [7, 11) is -5.58. The van der Waals surface area contributed by atoms with Crippen LogP contribution in [0.5, 0.6) is 0 Å². The molecule has 0 spiro atoms. The van der Waals surface area contributed by atoms with Gasteiger partial charge in [-0.3, -0.25) is 9.50 Å². The minimum Gasteiger partial charge on any atom is -0.394 e. The Morgan fingerprint density at radius 2 is 1.77 bits per heavy atom. The van der Waals surface area contributed by atoms with E-state index in [4.69, 9.17) is 4.78 Å². The summed E-state index contributed by atoms with van der Waals surface area (Å²) in [6.07, 6.45) is 2.62. The Labute approximate surface area is 206 Å². The van der Waals surface area contributed by atoms with Crippen LogP contribution in [0.3, 0.4) is 0 Å². The molecule has 12 heteroatoms. The maximum atomic E-state index is 11.5. The second kappa shape index (κ2) is 11.2. The van der Waals surface area contributed by atoms with Gasteiger partial charge in [0.2, 0.25) is 16.0 Å². The Bertz CT molecular complexity index is 1450. The van der Waals surface area contributed by atoms with Crippen LogP contribution in [-0.4, -0.2) is 46.6 Å². The quantitative estimate of drug-likeness (QED) is 0.198. The Balaban J connectivity index is 1.93. The van der Waals surface area contributed by atoms with Gasteiger partial charge in [0.1, 0.15) is 5.82 Å². The van der Waals surface area contributed by atoms with Gasteiger partial charge >= 0.3 is 0 Å². The Morgan fingerprint density at radius 1 is 1.11 bits per heavy atom. The molecule has 10 nitrogen and oxygen atoms in total. The molecule has 35 heavy (non-hydrogen) atoms. The lowest BCUT2D eigenvalue weighted by Crippen LogP contribution is -2.21. The number of sulfonamides is 1. The van der Waals surface area contributed by atoms with Gasteiger partial charge in [0, 0.05) is 27.9 Å². The minimum absolute atomic E-state index is 0.120. The van der Waals surface area contributed by atoms with E-state index >= 15 is 0 Å². The molecule has 0 aliphatic heterocycles. The fourth-order valence-electron chi connectivity index (χ4n) is 2.90. The first-order valence-corrected chi connectivity index (χ1v) is 13.6. The molecule has 1 unspecified atom stereocenters. The van der Waals surface area contributed by atoms with Crippen LogP contribution in [0.1, 0.15) is 23.6 Å². The van der Waals surface area contributed by atoms with Gasteiger partial charge in [-0.2, -0.15) is 4.98 Å². The first-order chi connectivity index (χ1) is 16.5. The molecule has 3 aromatic rings. The summed E-state index contributed by atoms with van der Waals surface area (Å²) >= 11 is 0. The average Bonchev–Trinajstić information content (AvgIpc) is 2.79. The molecule has 0 saturated heterocycles. The zero-order valence-electron chi connectivity index (χ0n) is 19.3. The highest BCUT2D eigenvalue weighted by molar-refractivity contribution is 7.92. The molecule has 0 saturated carbocycles. The van der Waals surface area contributed by atoms with Crippen molar-refractivity contribution in [1.82, 2.24) is 9.97 Å². The summed E-state index contributed by atoms with van der Waals surface area (Å²) in [5.41, 5.74) is 3.04. The van der Waals surface area contributed by atoms with Crippen molar-refractivity contribution in [2.45, 2.75) is 24.8 Å². The molecule has 2 atom stereocenters. The van der Waals surface area contributed by atoms with E-state index in [9.17, 15) is 17.7 Å². The van der Waals surface area contributed by atoms with Crippen LogP contribution in [0.2, 0.25) is 0 Å². The van der Waals surface area contributed by atoms with E-state index in [2.05, 4.69) is 37.2 Å². The predicted octanol–water partition coefficient (Wildman–Crippen LogP) is 2.69. The maximum Gasteiger partial charge on any atom is 0.229 e. The topological polar surface area (TPSA) is 157 Å². The molecule has 1 heterocycles. The zero-order valence-corrected chi connectivity index (χ0v) is 21.0. The van der Waals surface area contributed by atoms with Crippen molar-refractivity contribution in [3.8, 4) is 11.8 Å². The highest BCUT2D eigenvalue weighted by Crippen LogP contribution is 2.20. The number of anilines is 4. The lowest BCUT2D eigenvalue weighted by Gasteiger charge is -2.14. The molecule has 0 fully saturated rings. The van der Waals surface area contributed by atoms with Crippen molar-refractivity contribution in [2.75, 3.05) is 28.2 Å². The number of aliphatic hydroxyl groups is 1. The van der Waals surface area contributed by atoms with E-state index in [1.807, 2.05) is 6.92 Å². The number of rotatable bonds is 8. The van der Waals surface area contributed by atoms with E-state index in [-0.39, 0.29) is 18.6 Å². The van der Waals surface area contributed by atoms with Crippen molar-refractivity contribution in [3.63, 3.8) is 0 Å². The summed E-state index contributed by atoms with van der Waals surface area (Å²) < 4.78 is 44.1. The van der Waals surface area contributed by atoms with Crippen molar-refractivity contribution >= 4 is 43.8 Å². The standard InChI is InChI=1S/C23H26N6O4S2/c1-15-4-7-20(29-35(3,32)33)12-17(15)5-6-18-13-25-23(28-22(18)26-16(2)14-30)27-19-8-10-21(11-9-19)34(24)31/h4,7-13,16,24,29-30,34H,14H2,1-3H3,(H2,25,26,27,28)/t16-/m1/s1. The molecule has 184 valence electrons. The number of hydrogen-bond donors (Lipinski definition) is 6. The summed E-state index contributed by atoms with van der Waals surface area (Å²) in [6.45, 7) is 3.54. The largest absolute Gasteiger partial charge is 0.394 e. The maximum absolute atomic E-state index is 11.5. The van der Waals surface area contributed by atoms with Gasteiger partial charge in [-0.25, -0.2) is 17.6 Å². The molecule has 0 bridgehead atoms. The van der Waals surface area contributed by atoms with Crippen LogP contribution in [0.25, 0.3) is 0 Å². The SMILES string of the molecule is Cc1ccc(NS(C)(=O)=O)cc1C#Cc1cnc(Nc2ccc([SH](=N)=O)cc2)nc1N[C@H](C)CO. The van der Waals surface area contributed by atoms with E-state index in [0.29, 0.717) is 33.2 Å². The first kappa shape index (κ1) is 26.0. The highest BCUT2D eigenvalue weighted by atomic mass is 32.2. The minimum atomic E-state index is -3.42. The molecular formula is C23H26N6O4S2. The number of thiol groups is 1. The average molecular weight is 515 g/mol. The van der Waals surface area contributed by atoms with Crippen LogP contribution in [0, 0.1) is 23.5 Å². The van der Waals surface area contributed by atoms with E-state index in [1.54, 1.807) is 49.4 Å². The fraction of sp³-hybridized carbons (Fsp3) is 0.217. The summed E-state index contributed by atoms with van der Waals surface area (Å²) in [4.78, 5) is 9.21. The van der Waals surface area contributed by atoms with Crippen molar-refractivity contribution < 1.29 is 17.7 Å². The molecule has 0 aliphatic carbocycles. The van der Waals surface area contributed by atoms with Crippen LogP contribution in [-0.2, 0) is 20.6 Å². The predicted molar refractivity (Wildman–Crippen MR) is 138 cm³/mol. The van der Waals surface area contributed by atoms with Crippen LogP contribution in [0.4, 0.5) is 23.1 Å². The molecule has 0 radical (unpaired) electrons. The highest BCUT2D eigenvalue weighted by Gasteiger charge is 2.10. The number of hydrogen-bond acceptors (Lipinski definition) is 9. The second-order valence-electron chi connectivity index (χ2n) is 7.80. The molecule has 0 amide bonds. The van der Waals surface area contributed by atoms with Gasteiger partial charge in [0.25, 0.3) is 0 Å². The van der Waals surface area contributed by atoms with Gasteiger partial charge in [-0.1, -0.05) is 17.9 Å². The van der Waals surface area contributed by atoms with Gasteiger partial charge in [-0.05, 0) is 55.8 Å². The van der Waals surface area contributed by atoms with Gasteiger partial charge in [-0.15, -0.1) is 0 Å². The first-order valence-electron chi connectivity index (χ1n) is 10.4. The van der Waals surface area contributed by atoms with Gasteiger partial charge in [0.15, 0.2) is 0 Å². The lowest BCUT2D eigenvalue weighted by molar-refractivity contribution is 0.281. The normalized spacial score (nSPS) is 12.7. The Kier molecular flexibility index (Phi) is 8.29. The van der Waals surface area contributed by atoms with E-state index in [0.717, 1.165) is 11.8 Å². The van der Waals surface area contributed by atoms with E-state index < -0.39 is 20.6 Å². The number of nitrogens with one attached hydrogen (secondary N) is 4. The monoisotopic (exact) mass is 514 g/mol.